The van der Waals surface area contributed by atoms with Crippen LogP contribution in [0.4, 0.5) is 0 Å². The molecule has 0 aromatic rings. The van der Waals surface area contributed by atoms with Crippen molar-refractivity contribution in [1.29, 1.82) is 0 Å². The quantitative estimate of drug-likeness (QED) is 0.275. The molecule has 0 saturated carbocycles. The molecule has 0 aromatic carbocycles. The Bertz CT molecular complexity index is 14.0. The molecule has 5 heteroatoms. The van der Waals surface area contributed by atoms with Crippen molar-refractivity contribution in [3.8, 4) is 0 Å². The zero-order valence-corrected chi connectivity index (χ0v) is 1.73. The van der Waals surface area contributed by atoms with Crippen LogP contribution in [-0.2, 0) is 0 Å². The predicted octanol–water partition coefficient (Wildman–Crippen LogP) is -3.51. The first-order valence-electron chi connectivity index (χ1n) is 0.667. The van der Waals surface area contributed by atoms with Gasteiger partial charge in [-0.15, -0.1) is 0 Å². The molecule has 0 amide bonds. The van der Waals surface area contributed by atoms with Crippen molar-refractivity contribution in [2.75, 3.05) is 0 Å². The zero-order chi connectivity index (χ0) is 4.28. The van der Waals surface area contributed by atoms with Crippen LogP contribution in [0.15, 0.2) is 0 Å². The number of hydrogen-bond acceptors (Lipinski definition) is 0. The third-order valence-electron chi connectivity index (χ3n) is 0. The van der Waals surface area contributed by atoms with Gasteiger partial charge in [0.15, 0.2) is 0 Å². The van der Waals surface area contributed by atoms with E-state index in [2.05, 4.69) is 7.06 Å². The summed E-state index contributed by atoms with van der Waals surface area (Å²) in [6.45, 7) is 0. The molecular weight excluding hydrogens is 54.1 g/mol. The Labute approximate surface area is 37.6 Å². The fraction of sp³-hybridized carbons (Fsp3) is 0. The van der Waals surface area contributed by atoms with Gasteiger partial charge in [-0.1, -0.05) is 15.5 Å². The Morgan fingerprint density at radius 1 is 1.80 bits per heavy atom. The van der Waals surface area contributed by atoms with Gasteiger partial charge in [-0.05, 0) is 7.74 Å². The highest BCUT2D eigenvalue weighted by molar-refractivity contribution is 7.60. The lowest BCUT2D eigenvalue weighted by molar-refractivity contribution is 3.91. The summed E-state index contributed by atoms with van der Waals surface area (Å²) < 4.78 is 0. The van der Waals surface area contributed by atoms with Gasteiger partial charge >= 0.3 is 0 Å². The smallest absolute Gasteiger partial charge is 0.0381 e. The van der Waals surface area contributed by atoms with E-state index in [1.807, 2.05) is 0 Å². The highest BCUT2D eigenvalue weighted by Crippen LogP contribution is 1.47. The lowest BCUT2D eigenvalue weighted by Crippen LogP contribution is -2.23. The first-order valence-corrected chi connectivity index (χ1v) is 0.667. The van der Waals surface area contributed by atoms with Crippen molar-refractivity contribution in [3.05, 3.63) is 0 Å². The van der Waals surface area contributed by atoms with Gasteiger partial charge in [0.25, 0.3) is 0 Å². The van der Waals surface area contributed by atoms with E-state index in [1.54, 1.807) is 0 Å². The van der Waals surface area contributed by atoms with Gasteiger partial charge in [-0.2, -0.15) is 13.4 Å². The molecule has 0 fully saturated rings. The Balaban J connectivity index is 2.54. The summed E-state index contributed by atoms with van der Waals surface area (Å²) in [6, 6.07) is 0. The van der Waals surface area contributed by atoms with Crippen LogP contribution in [0, 0.1) is 0 Å². The van der Waals surface area contributed by atoms with Crippen LogP contribution in [0.5, 0.6) is 0 Å². The summed E-state index contributed by atoms with van der Waals surface area (Å²) >= 11 is 0. The Morgan fingerprint density at radius 2 is 2.00 bits per heavy atom. The SMILES string of the molecule is [B]B([BH3-])[B][BH3-]. The van der Waals surface area contributed by atoms with Crippen molar-refractivity contribution in [2.24, 2.45) is 0 Å². The molecule has 0 saturated heterocycles. The summed E-state index contributed by atoms with van der Waals surface area (Å²) in [5.74, 6) is 0. The fourth-order valence-corrected chi connectivity index (χ4v) is 0. The first-order chi connectivity index (χ1) is 2.27. The molecule has 0 N–H and O–H groups in total. The minimum absolute atomic E-state index is 0.472. The van der Waals surface area contributed by atoms with E-state index < -0.39 is 0 Å². The summed E-state index contributed by atoms with van der Waals surface area (Å²) in [4.78, 5) is 0. The van der Waals surface area contributed by atoms with E-state index in [-0.39, 0.29) is 0 Å². The second-order valence-corrected chi connectivity index (χ2v) is 0.192. The molecule has 3 radical (unpaired) electrons. The van der Waals surface area contributed by atoms with Crippen molar-refractivity contribution in [3.63, 3.8) is 0 Å². The highest BCUT2D eigenvalue weighted by atomic mass is 12.7. The Kier molecular flexibility index (Phi) is 2.72. The molecule has 0 unspecified atom stereocenters. The van der Waals surface area contributed by atoms with Gasteiger partial charge in [-0.3, -0.25) is 0 Å². The van der Waals surface area contributed by atoms with Crippen molar-refractivity contribution in [2.45, 2.75) is 0 Å². The van der Waals surface area contributed by atoms with Gasteiger partial charge in [0, 0.05) is 0 Å². The Hall–Kier alpha value is 0.325. The lowest BCUT2D eigenvalue weighted by atomic mass is 8.97. The molecule has 0 aliphatic carbocycles. The normalized spacial score (nSPS) is 6.80. The minimum atomic E-state index is 0.472. The monoisotopic (exact) mass is 61.1 g/mol. The van der Waals surface area contributed by atoms with E-state index in [1.165, 1.54) is 0 Å². The van der Waals surface area contributed by atoms with Gasteiger partial charge in [0.2, 0.25) is 0 Å². The standard InChI is InChI=1S/B5H6/c1-4-5(2)3/h1-2H3/q-2. The second-order valence-electron chi connectivity index (χ2n) is 0.192. The molecular formula is H6B5-2. The minimum Gasteiger partial charge on any atom is -0.191 e. The van der Waals surface area contributed by atoms with E-state index in [0.717, 1.165) is 0 Å². The molecule has 0 spiro atoms. The molecule has 0 aliphatic heterocycles. The van der Waals surface area contributed by atoms with Crippen LogP contribution in [-0.4, -0.2) is 36.7 Å². The maximum Gasteiger partial charge on any atom is -0.0381 e. The maximum atomic E-state index is 5.41. The van der Waals surface area contributed by atoms with E-state index >= 15 is 0 Å². The molecule has 5 heavy (non-hydrogen) atoms. The summed E-state index contributed by atoms with van der Waals surface area (Å²) in [5.41, 5.74) is 0. The van der Waals surface area contributed by atoms with Crippen molar-refractivity contribution >= 4 is 36.7 Å². The van der Waals surface area contributed by atoms with Crippen molar-refractivity contribution in [1.82, 2.24) is 0 Å². The molecule has 23 valence electrons. The van der Waals surface area contributed by atoms with Crippen molar-refractivity contribution < 1.29 is 0 Å². The maximum absolute atomic E-state index is 5.41. The third kappa shape index (κ3) is 4.32. The van der Waals surface area contributed by atoms with Crippen LogP contribution in [0.1, 0.15) is 0 Å². The summed E-state index contributed by atoms with van der Waals surface area (Å²) in [6.07, 6.45) is 0.620. The molecule has 0 bridgehead atoms. The average molecular weight is 60.1 g/mol. The predicted molar refractivity (Wildman–Crippen MR) is 37.1 cm³/mol. The third-order valence-corrected chi connectivity index (χ3v) is 0. The van der Waals surface area contributed by atoms with Crippen LogP contribution < -0.4 is 0 Å². The fourth-order valence-electron chi connectivity index (χ4n) is 0. The summed E-state index contributed by atoms with van der Waals surface area (Å²) in [7, 11) is 8.71. The van der Waals surface area contributed by atoms with E-state index in [9.17, 15) is 0 Å². The van der Waals surface area contributed by atoms with E-state index in [0.29, 0.717) is 21.9 Å². The molecule has 0 aromatic heterocycles. The molecule has 0 nitrogen and oxygen atoms in total. The molecule has 0 heterocycles. The van der Waals surface area contributed by atoms with Gasteiger partial charge in [0.1, 0.15) is 0 Å². The second kappa shape index (κ2) is 2.56. The highest BCUT2D eigenvalue weighted by Gasteiger charge is 1.71. The lowest BCUT2D eigenvalue weighted by Gasteiger charge is -1.99. The van der Waals surface area contributed by atoms with Crippen LogP contribution >= 0.6 is 0 Å². The van der Waals surface area contributed by atoms with Gasteiger partial charge in [-0.25, -0.2) is 0 Å². The Morgan fingerprint density at radius 3 is 2.00 bits per heavy atom. The van der Waals surface area contributed by atoms with E-state index in [4.69, 9.17) is 7.74 Å². The molecule has 0 atom stereocenters. The van der Waals surface area contributed by atoms with Crippen LogP contribution in [0.2, 0.25) is 0 Å². The molecule has 0 rings (SSSR count). The first kappa shape index (κ1) is 5.32. The van der Waals surface area contributed by atoms with Crippen LogP contribution in [0.25, 0.3) is 0 Å². The zero-order valence-electron chi connectivity index (χ0n) is 1.73. The number of rotatable bonds is 1. The average Bonchev–Trinajstić information content (AvgIpc) is 1.38. The van der Waals surface area contributed by atoms with Gasteiger partial charge in [0.05, 0.1) is 0 Å². The van der Waals surface area contributed by atoms with Crippen LogP contribution in [0.3, 0.4) is 0 Å². The number of hydrogen-bond donors (Lipinski definition) is 0. The van der Waals surface area contributed by atoms with Gasteiger partial charge < -0.3 is 0 Å². The topological polar surface area (TPSA) is 0 Å². The largest absolute Gasteiger partial charge is 0.191 e. The summed E-state index contributed by atoms with van der Waals surface area (Å²) in [5, 5.41) is 0. The molecule has 0 aliphatic rings.